The molecule has 0 aliphatic carbocycles. The van der Waals surface area contributed by atoms with Gasteiger partial charge in [-0.05, 0) is 25.8 Å². The lowest BCUT2D eigenvalue weighted by molar-refractivity contribution is 0.379. The van der Waals surface area contributed by atoms with E-state index in [0.717, 1.165) is 31.6 Å². The second kappa shape index (κ2) is 7.36. The Kier molecular flexibility index (Phi) is 6.09. The Morgan fingerprint density at radius 2 is 2.41 bits per heavy atom. The molecular formula is C12H19N3OS. The summed E-state index contributed by atoms with van der Waals surface area (Å²) in [6.07, 6.45) is 5.89. The molecule has 1 unspecified atom stereocenters. The molecule has 94 valence electrons. The summed E-state index contributed by atoms with van der Waals surface area (Å²) in [5.41, 5.74) is -0.369. The Balaban J connectivity index is 2.30. The normalized spacial score (nSPS) is 14.2. The van der Waals surface area contributed by atoms with Crippen molar-refractivity contribution in [3.63, 3.8) is 0 Å². The van der Waals surface area contributed by atoms with E-state index < -0.39 is 0 Å². The molecule has 1 atom stereocenters. The van der Waals surface area contributed by atoms with Crippen molar-refractivity contribution in [2.75, 3.05) is 12.3 Å². The first-order valence-electron chi connectivity index (χ1n) is 5.95. The summed E-state index contributed by atoms with van der Waals surface area (Å²) in [6, 6.07) is 2.40. The van der Waals surface area contributed by atoms with Crippen LogP contribution in [0.4, 0.5) is 0 Å². The predicted octanol–water partition coefficient (Wildman–Crippen LogP) is 2.83. The van der Waals surface area contributed by atoms with Gasteiger partial charge in [-0.3, -0.25) is 5.32 Å². The maximum atomic E-state index is 9.24. The Bertz CT molecular complexity index is 347. The van der Waals surface area contributed by atoms with E-state index in [1.54, 1.807) is 24.2 Å². The highest BCUT2D eigenvalue weighted by Gasteiger charge is 2.25. The van der Waals surface area contributed by atoms with Gasteiger partial charge in [0.25, 0.3) is 5.22 Å². The van der Waals surface area contributed by atoms with Gasteiger partial charge in [-0.1, -0.05) is 25.6 Å². The van der Waals surface area contributed by atoms with Crippen LogP contribution < -0.4 is 5.32 Å². The first-order chi connectivity index (χ1) is 8.26. The molecule has 0 amide bonds. The molecular weight excluding hydrogens is 234 g/mol. The van der Waals surface area contributed by atoms with Gasteiger partial charge < -0.3 is 4.42 Å². The van der Waals surface area contributed by atoms with Gasteiger partial charge in [-0.25, -0.2) is 4.98 Å². The zero-order valence-electron chi connectivity index (χ0n) is 10.4. The third-order valence-corrected chi connectivity index (χ3v) is 3.66. The molecule has 0 spiro atoms. The SMILES string of the molecule is CCNC(C#N)(CC)CCCSc1ncco1. The summed E-state index contributed by atoms with van der Waals surface area (Å²) in [5, 5.41) is 13.2. The van der Waals surface area contributed by atoms with E-state index in [1.165, 1.54) is 0 Å². The largest absolute Gasteiger partial charge is 0.440 e. The van der Waals surface area contributed by atoms with Crippen molar-refractivity contribution in [3.05, 3.63) is 12.5 Å². The van der Waals surface area contributed by atoms with Gasteiger partial charge in [0, 0.05) is 5.75 Å². The fraction of sp³-hybridized carbons (Fsp3) is 0.667. The molecule has 0 radical (unpaired) electrons. The van der Waals surface area contributed by atoms with Crippen molar-refractivity contribution >= 4 is 11.8 Å². The second-order valence-electron chi connectivity index (χ2n) is 3.83. The molecule has 1 rings (SSSR count). The monoisotopic (exact) mass is 253 g/mol. The molecule has 1 heterocycles. The zero-order valence-corrected chi connectivity index (χ0v) is 11.2. The second-order valence-corrected chi connectivity index (χ2v) is 4.87. The van der Waals surface area contributed by atoms with Gasteiger partial charge in [0.1, 0.15) is 11.8 Å². The van der Waals surface area contributed by atoms with Gasteiger partial charge in [0.05, 0.1) is 12.3 Å². The predicted molar refractivity (Wildman–Crippen MR) is 68.8 cm³/mol. The molecule has 0 bridgehead atoms. The van der Waals surface area contributed by atoms with Crippen LogP contribution in [-0.4, -0.2) is 22.8 Å². The number of oxazole rings is 1. The minimum absolute atomic E-state index is 0.369. The molecule has 0 fully saturated rings. The molecule has 0 aliphatic rings. The van der Waals surface area contributed by atoms with Crippen LogP contribution in [0.2, 0.25) is 0 Å². The molecule has 1 aromatic rings. The lowest BCUT2D eigenvalue weighted by atomic mass is 9.92. The third kappa shape index (κ3) is 4.41. The van der Waals surface area contributed by atoms with Gasteiger partial charge in [-0.2, -0.15) is 5.26 Å². The van der Waals surface area contributed by atoms with Crippen LogP contribution in [0, 0.1) is 11.3 Å². The molecule has 0 saturated heterocycles. The minimum Gasteiger partial charge on any atom is -0.440 e. The number of hydrogen-bond donors (Lipinski definition) is 1. The van der Waals surface area contributed by atoms with E-state index in [9.17, 15) is 5.26 Å². The number of rotatable bonds is 8. The molecule has 1 N–H and O–H groups in total. The maximum absolute atomic E-state index is 9.24. The van der Waals surface area contributed by atoms with Crippen LogP contribution >= 0.6 is 11.8 Å². The van der Waals surface area contributed by atoms with E-state index in [2.05, 4.69) is 16.4 Å². The number of nitrogens with one attached hydrogen (secondary N) is 1. The first kappa shape index (κ1) is 14.1. The fourth-order valence-electron chi connectivity index (χ4n) is 1.72. The highest BCUT2D eigenvalue weighted by Crippen LogP contribution is 2.21. The van der Waals surface area contributed by atoms with Gasteiger partial charge >= 0.3 is 0 Å². The van der Waals surface area contributed by atoms with Crippen LogP contribution in [-0.2, 0) is 0 Å². The third-order valence-electron chi connectivity index (χ3n) is 2.72. The van der Waals surface area contributed by atoms with Gasteiger partial charge in [-0.15, -0.1) is 0 Å². The van der Waals surface area contributed by atoms with Crippen molar-refractivity contribution in [3.8, 4) is 6.07 Å². The molecule has 4 nitrogen and oxygen atoms in total. The van der Waals surface area contributed by atoms with Gasteiger partial charge in [0.15, 0.2) is 0 Å². The van der Waals surface area contributed by atoms with Gasteiger partial charge in [0.2, 0.25) is 0 Å². The average Bonchev–Trinajstić information content (AvgIpc) is 2.86. The number of hydrogen-bond acceptors (Lipinski definition) is 5. The molecule has 0 saturated carbocycles. The van der Waals surface area contributed by atoms with Crippen LogP contribution in [0.15, 0.2) is 22.1 Å². The van der Waals surface area contributed by atoms with Crippen LogP contribution in [0.3, 0.4) is 0 Å². The van der Waals surface area contributed by atoms with Crippen molar-refractivity contribution in [1.82, 2.24) is 10.3 Å². The topological polar surface area (TPSA) is 61.9 Å². The van der Waals surface area contributed by atoms with Crippen molar-refractivity contribution in [1.29, 1.82) is 5.26 Å². The summed E-state index contributed by atoms with van der Waals surface area (Å²) in [4.78, 5) is 4.04. The van der Waals surface area contributed by atoms with Crippen molar-refractivity contribution < 1.29 is 4.42 Å². The summed E-state index contributed by atoms with van der Waals surface area (Å²) in [5.74, 6) is 0.926. The zero-order chi connectivity index (χ0) is 12.6. The quantitative estimate of drug-likeness (QED) is 0.570. The van der Waals surface area contributed by atoms with Crippen LogP contribution in [0.1, 0.15) is 33.1 Å². The van der Waals surface area contributed by atoms with E-state index >= 15 is 0 Å². The molecule has 5 heteroatoms. The molecule has 1 aromatic heterocycles. The molecule has 17 heavy (non-hydrogen) atoms. The average molecular weight is 253 g/mol. The smallest absolute Gasteiger partial charge is 0.255 e. The standard InChI is InChI=1S/C12H19N3OS/c1-3-12(10-13,15-4-2)6-5-9-17-11-14-7-8-16-11/h7-8,15H,3-6,9H2,1-2H3. The first-order valence-corrected chi connectivity index (χ1v) is 6.93. The summed E-state index contributed by atoms with van der Waals surface area (Å²) >= 11 is 1.59. The molecule has 0 aliphatic heterocycles. The molecule has 0 aromatic carbocycles. The van der Waals surface area contributed by atoms with Crippen LogP contribution in [0.5, 0.6) is 0 Å². The summed E-state index contributed by atoms with van der Waals surface area (Å²) in [7, 11) is 0. The maximum Gasteiger partial charge on any atom is 0.255 e. The van der Waals surface area contributed by atoms with E-state index in [0.29, 0.717) is 5.22 Å². The number of nitrogens with zero attached hydrogens (tertiary/aromatic N) is 2. The highest BCUT2D eigenvalue weighted by molar-refractivity contribution is 7.99. The summed E-state index contributed by atoms with van der Waals surface area (Å²) in [6.45, 7) is 4.91. The van der Waals surface area contributed by atoms with Crippen LogP contribution in [0.25, 0.3) is 0 Å². The number of thioether (sulfide) groups is 1. The van der Waals surface area contributed by atoms with Crippen molar-refractivity contribution in [2.24, 2.45) is 0 Å². The highest BCUT2D eigenvalue weighted by atomic mass is 32.2. The Morgan fingerprint density at radius 1 is 1.59 bits per heavy atom. The summed E-state index contributed by atoms with van der Waals surface area (Å²) < 4.78 is 5.14. The Morgan fingerprint density at radius 3 is 2.94 bits per heavy atom. The van der Waals surface area contributed by atoms with Crippen molar-refractivity contribution in [2.45, 2.75) is 43.9 Å². The lowest BCUT2D eigenvalue weighted by Crippen LogP contribution is -2.43. The Labute approximate surface area is 107 Å². The fourth-order valence-corrected chi connectivity index (χ4v) is 2.44. The Hall–Kier alpha value is -0.990. The lowest BCUT2D eigenvalue weighted by Gasteiger charge is -2.25. The van der Waals surface area contributed by atoms with E-state index in [1.807, 2.05) is 13.8 Å². The van der Waals surface area contributed by atoms with E-state index in [4.69, 9.17) is 4.42 Å². The number of nitriles is 1. The van der Waals surface area contributed by atoms with E-state index in [-0.39, 0.29) is 5.54 Å². The number of aromatic nitrogens is 1. The minimum atomic E-state index is -0.369.